The Morgan fingerprint density at radius 3 is 2.74 bits per heavy atom. The van der Waals surface area contributed by atoms with E-state index in [0.29, 0.717) is 6.10 Å². The van der Waals surface area contributed by atoms with Crippen LogP contribution >= 0.6 is 15.9 Å². The van der Waals surface area contributed by atoms with Crippen molar-refractivity contribution in [3.8, 4) is 0 Å². The molecule has 1 aliphatic rings. The summed E-state index contributed by atoms with van der Waals surface area (Å²) in [7, 11) is 0. The van der Waals surface area contributed by atoms with Crippen molar-refractivity contribution in [1.29, 1.82) is 0 Å². The minimum atomic E-state index is 0.310. The van der Waals surface area contributed by atoms with Gasteiger partial charge < -0.3 is 9.64 Å². The molecule has 1 fully saturated rings. The minimum Gasteiger partial charge on any atom is -0.377 e. The molecule has 0 spiro atoms. The molecule has 2 aromatic heterocycles. The quantitative estimate of drug-likeness (QED) is 0.799. The van der Waals surface area contributed by atoms with Gasteiger partial charge in [-0.25, -0.2) is 0 Å². The maximum absolute atomic E-state index is 5.65. The largest absolute Gasteiger partial charge is 0.377 e. The summed E-state index contributed by atoms with van der Waals surface area (Å²) in [5, 5.41) is 0. The van der Waals surface area contributed by atoms with Crippen LogP contribution in [0, 0.1) is 0 Å². The first kappa shape index (κ1) is 16.6. The zero-order valence-electron chi connectivity index (χ0n) is 13.7. The summed E-state index contributed by atoms with van der Waals surface area (Å²) in [6.07, 6.45) is 4.02. The summed E-state index contributed by atoms with van der Waals surface area (Å²) in [5.74, 6) is 0. The van der Waals surface area contributed by atoms with Crippen LogP contribution in [-0.2, 0) is 4.74 Å². The molecule has 0 atom stereocenters. The van der Waals surface area contributed by atoms with Gasteiger partial charge in [-0.1, -0.05) is 0 Å². The number of aromatic nitrogens is 2. The molecular formula is C17H23BrN4O. The molecule has 6 heteroatoms. The van der Waals surface area contributed by atoms with Gasteiger partial charge in [-0.2, -0.15) is 0 Å². The molecule has 0 N–H and O–H groups in total. The van der Waals surface area contributed by atoms with E-state index >= 15 is 0 Å². The van der Waals surface area contributed by atoms with Crippen LogP contribution in [0.25, 0.3) is 11.0 Å². The fourth-order valence-corrected chi connectivity index (χ4v) is 3.20. The fourth-order valence-electron chi connectivity index (χ4n) is 2.88. The molecule has 3 rings (SSSR count). The number of fused-ring (bicyclic) bond motifs is 1. The van der Waals surface area contributed by atoms with E-state index in [1.54, 1.807) is 0 Å². The molecular weight excluding hydrogens is 356 g/mol. The third-order valence-electron chi connectivity index (χ3n) is 4.09. The Labute approximate surface area is 145 Å². The highest BCUT2D eigenvalue weighted by atomic mass is 79.9. The highest BCUT2D eigenvalue weighted by Gasteiger charge is 2.19. The number of rotatable bonds is 5. The van der Waals surface area contributed by atoms with Crippen molar-refractivity contribution in [2.45, 2.75) is 20.0 Å². The third-order valence-corrected chi connectivity index (χ3v) is 4.53. The topological polar surface area (TPSA) is 41.5 Å². The molecule has 3 heterocycles. The molecule has 23 heavy (non-hydrogen) atoms. The van der Waals surface area contributed by atoms with Crippen molar-refractivity contribution in [3.05, 3.63) is 29.0 Å². The zero-order chi connectivity index (χ0) is 16.2. The predicted molar refractivity (Wildman–Crippen MR) is 97.0 cm³/mol. The Hall–Kier alpha value is -1.24. The van der Waals surface area contributed by atoms with E-state index in [-0.39, 0.29) is 0 Å². The number of halogens is 1. The molecule has 2 aromatic rings. The minimum absolute atomic E-state index is 0.310. The van der Waals surface area contributed by atoms with Gasteiger partial charge in [-0.15, -0.1) is 0 Å². The summed E-state index contributed by atoms with van der Waals surface area (Å²) in [6.45, 7) is 10.1. The lowest BCUT2D eigenvalue weighted by Gasteiger charge is -2.36. The van der Waals surface area contributed by atoms with Crippen molar-refractivity contribution < 1.29 is 4.74 Å². The summed E-state index contributed by atoms with van der Waals surface area (Å²) in [4.78, 5) is 13.9. The lowest BCUT2D eigenvalue weighted by atomic mass is 10.2. The van der Waals surface area contributed by atoms with Crippen LogP contribution in [0.15, 0.2) is 29.0 Å². The van der Waals surface area contributed by atoms with Gasteiger partial charge in [0.25, 0.3) is 0 Å². The Morgan fingerprint density at radius 2 is 2.00 bits per heavy atom. The van der Waals surface area contributed by atoms with Gasteiger partial charge >= 0.3 is 0 Å². The van der Waals surface area contributed by atoms with E-state index in [1.807, 2.05) is 18.5 Å². The maximum Gasteiger partial charge on any atom is 0.112 e. The molecule has 5 nitrogen and oxygen atoms in total. The second kappa shape index (κ2) is 7.55. The molecule has 0 aromatic carbocycles. The molecule has 0 amide bonds. The highest BCUT2D eigenvalue weighted by Crippen LogP contribution is 2.26. The standard InChI is InChI=1S/C17H23BrN4O/c1-13(2)23-10-9-21-5-7-22(8-6-21)16-3-4-19-15-11-14(18)12-20-17(15)16/h3-4,11-13H,5-10H2,1-2H3. The number of hydrogen-bond acceptors (Lipinski definition) is 5. The van der Waals surface area contributed by atoms with Crippen molar-refractivity contribution in [1.82, 2.24) is 14.9 Å². The number of pyridine rings is 2. The fraction of sp³-hybridized carbons (Fsp3) is 0.529. The molecule has 1 aliphatic heterocycles. The molecule has 0 unspecified atom stereocenters. The van der Waals surface area contributed by atoms with Crippen LogP contribution in [0.3, 0.4) is 0 Å². The summed E-state index contributed by atoms with van der Waals surface area (Å²) in [6, 6.07) is 4.09. The van der Waals surface area contributed by atoms with E-state index in [0.717, 1.165) is 54.8 Å². The van der Waals surface area contributed by atoms with Gasteiger partial charge in [-0.05, 0) is 41.9 Å². The van der Waals surface area contributed by atoms with Crippen molar-refractivity contribution in [2.24, 2.45) is 0 Å². The molecule has 1 saturated heterocycles. The van der Waals surface area contributed by atoms with Gasteiger partial charge in [0.1, 0.15) is 5.52 Å². The van der Waals surface area contributed by atoms with Crippen LogP contribution < -0.4 is 4.90 Å². The summed E-state index contributed by atoms with van der Waals surface area (Å²) in [5.41, 5.74) is 3.09. The summed E-state index contributed by atoms with van der Waals surface area (Å²) >= 11 is 3.46. The van der Waals surface area contributed by atoms with Gasteiger partial charge in [0.15, 0.2) is 0 Å². The molecule has 124 valence electrons. The van der Waals surface area contributed by atoms with Crippen LogP contribution in [0.2, 0.25) is 0 Å². The van der Waals surface area contributed by atoms with Crippen LogP contribution in [-0.4, -0.2) is 60.3 Å². The SMILES string of the molecule is CC(C)OCCN1CCN(c2ccnc3cc(Br)cnc23)CC1. The van der Waals surface area contributed by atoms with Gasteiger partial charge in [0.05, 0.1) is 23.9 Å². The van der Waals surface area contributed by atoms with Crippen LogP contribution in [0.1, 0.15) is 13.8 Å². The summed E-state index contributed by atoms with van der Waals surface area (Å²) < 4.78 is 6.61. The van der Waals surface area contributed by atoms with E-state index in [4.69, 9.17) is 4.74 Å². The Bertz CT molecular complexity index is 656. The second-order valence-corrected chi connectivity index (χ2v) is 7.02. The van der Waals surface area contributed by atoms with Crippen molar-refractivity contribution in [2.75, 3.05) is 44.2 Å². The first-order chi connectivity index (χ1) is 11.1. The average molecular weight is 379 g/mol. The molecule has 0 aliphatic carbocycles. The van der Waals surface area contributed by atoms with E-state index < -0.39 is 0 Å². The molecule has 0 bridgehead atoms. The Balaban J connectivity index is 1.64. The van der Waals surface area contributed by atoms with Crippen LogP contribution in [0.4, 0.5) is 5.69 Å². The number of anilines is 1. The number of nitrogens with zero attached hydrogens (tertiary/aromatic N) is 4. The number of hydrogen-bond donors (Lipinski definition) is 0. The smallest absolute Gasteiger partial charge is 0.112 e. The normalized spacial score (nSPS) is 16.4. The van der Waals surface area contributed by atoms with Gasteiger partial charge in [0.2, 0.25) is 0 Å². The zero-order valence-corrected chi connectivity index (χ0v) is 15.3. The van der Waals surface area contributed by atoms with Gasteiger partial charge in [-0.3, -0.25) is 14.9 Å². The first-order valence-corrected chi connectivity index (χ1v) is 8.92. The second-order valence-electron chi connectivity index (χ2n) is 6.10. The third kappa shape index (κ3) is 4.19. The lowest BCUT2D eigenvalue weighted by Crippen LogP contribution is -2.47. The monoisotopic (exact) mass is 378 g/mol. The molecule has 0 saturated carbocycles. The van der Waals surface area contributed by atoms with Crippen LogP contribution in [0.5, 0.6) is 0 Å². The van der Waals surface area contributed by atoms with Crippen molar-refractivity contribution in [3.63, 3.8) is 0 Å². The number of ether oxygens (including phenoxy) is 1. The van der Waals surface area contributed by atoms with Crippen molar-refractivity contribution >= 4 is 32.7 Å². The predicted octanol–water partition coefficient (Wildman–Crippen LogP) is 2.94. The lowest BCUT2D eigenvalue weighted by molar-refractivity contribution is 0.0579. The number of piperazine rings is 1. The first-order valence-electron chi connectivity index (χ1n) is 8.12. The van der Waals surface area contributed by atoms with Gasteiger partial charge in [0, 0.05) is 49.6 Å². The van der Waals surface area contributed by atoms with E-state index in [1.165, 1.54) is 5.69 Å². The van der Waals surface area contributed by atoms with E-state index in [2.05, 4.69) is 55.6 Å². The maximum atomic E-state index is 5.65. The van der Waals surface area contributed by atoms with E-state index in [9.17, 15) is 0 Å². The Morgan fingerprint density at radius 1 is 1.22 bits per heavy atom. The highest BCUT2D eigenvalue weighted by molar-refractivity contribution is 9.10. The molecule has 0 radical (unpaired) electrons. The Kier molecular flexibility index (Phi) is 5.46. The average Bonchev–Trinajstić information content (AvgIpc) is 2.54.